The molecule has 0 aliphatic heterocycles. The van der Waals surface area contributed by atoms with E-state index in [2.05, 4.69) is 19.2 Å². The van der Waals surface area contributed by atoms with Crippen LogP contribution in [0.15, 0.2) is 54.6 Å². The summed E-state index contributed by atoms with van der Waals surface area (Å²) in [5, 5.41) is 2.76. The lowest BCUT2D eigenvalue weighted by atomic mass is 10.0. The van der Waals surface area contributed by atoms with Gasteiger partial charge >= 0.3 is 0 Å². The van der Waals surface area contributed by atoms with Gasteiger partial charge in [-0.3, -0.25) is 9.59 Å². The van der Waals surface area contributed by atoms with Gasteiger partial charge in [-0.2, -0.15) is 0 Å². The first kappa shape index (κ1) is 16.7. The van der Waals surface area contributed by atoms with Crippen molar-refractivity contribution in [3.63, 3.8) is 0 Å². The molecule has 0 bridgehead atoms. The van der Waals surface area contributed by atoms with Crippen molar-refractivity contribution in [2.24, 2.45) is 0 Å². The highest BCUT2D eigenvalue weighted by atomic mass is 16.2. The van der Waals surface area contributed by atoms with Gasteiger partial charge in [-0.05, 0) is 35.7 Å². The van der Waals surface area contributed by atoms with Gasteiger partial charge in [-0.15, -0.1) is 0 Å². The summed E-state index contributed by atoms with van der Waals surface area (Å²) in [5.74, 6) is -0.108. The van der Waals surface area contributed by atoms with Crippen LogP contribution >= 0.6 is 0 Å². The molecule has 0 aliphatic carbocycles. The number of rotatable bonds is 5. The maximum atomic E-state index is 12.2. The molecule has 0 unspecified atom stereocenters. The summed E-state index contributed by atoms with van der Waals surface area (Å²) in [4.78, 5) is 25.7. The van der Waals surface area contributed by atoms with Crippen LogP contribution in [0.1, 0.15) is 31.7 Å². The minimum absolute atomic E-state index is 0.183. The summed E-state index contributed by atoms with van der Waals surface area (Å²) in [6.07, 6.45) is -0.183. The van der Waals surface area contributed by atoms with E-state index in [0.29, 0.717) is 11.6 Å². The van der Waals surface area contributed by atoms with Crippen LogP contribution in [-0.4, -0.2) is 18.9 Å². The Bertz CT molecular complexity index is 664. The highest BCUT2D eigenvalue weighted by Crippen LogP contribution is 2.17. The Hall–Kier alpha value is -2.62. The van der Waals surface area contributed by atoms with Crippen molar-refractivity contribution in [3.8, 4) is 0 Å². The van der Waals surface area contributed by atoms with E-state index in [9.17, 15) is 9.59 Å². The van der Waals surface area contributed by atoms with Crippen LogP contribution in [0.4, 0.5) is 11.4 Å². The van der Waals surface area contributed by atoms with E-state index >= 15 is 0 Å². The molecule has 120 valence electrons. The fourth-order valence-corrected chi connectivity index (χ4v) is 2.21. The molecule has 2 aromatic carbocycles. The molecule has 0 aromatic heterocycles. The van der Waals surface area contributed by atoms with Crippen LogP contribution in [0.25, 0.3) is 0 Å². The van der Waals surface area contributed by atoms with E-state index < -0.39 is 0 Å². The number of carbonyl (C=O) groups is 2. The number of nitrogens with zero attached hydrogens (tertiary/aromatic N) is 1. The van der Waals surface area contributed by atoms with Crippen LogP contribution in [0.3, 0.4) is 0 Å². The fourth-order valence-electron chi connectivity index (χ4n) is 2.21. The molecule has 0 fully saturated rings. The second-order valence-corrected chi connectivity index (χ2v) is 5.79. The van der Waals surface area contributed by atoms with Gasteiger partial charge < -0.3 is 10.2 Å². The molecule has 0 aliphatic rings. The van der Waals surface area contributed by atoms with Crippen LogP contribution in [0.5, 0.6) is 0 Å². The van der Waals surface area contributed by atoms with Crippen molar-refractivity contribution in [1.82, 2.24) is 0 Å². The SMILES string of the molecule is CC(C)c1ccc(NC(=O)CC(=O)N(C)c2ccccc2)cc1. The lowest BCUT2D eigenvalue weighted by Gasteiger charge is -2.17. The molecule has 0 heterocycles. The first-order valence-electron chi connectivity index (χ1n) is 7.69. The number of anilines is 2. The maximum absolute atomic E-state index is 12.2. The Balaban J connectivity index is 1.92. The quantitative estimate of drug-likeness (QED) is 0.854. The number of hydrogen-bond donors (Lipinski definition) is 1. The molecule has 1 N–H and O–H groups in total. The second kappa shape index (κ2) is 7.58. The number of hydrogen-bond acceptors (Lipinski definition) is 2. The smallest absolute Gasteiger partial charge is 0.236 e. The predicted molar refractivity (Wildman–Crippen MR) is 93.6 cm³/mol. The molecule has 4 heteroatoms. The van der Waals surface area contributed by atoms with Gasteiger partial charge in [-0.25, -0.2) is 0 Å². The standard InChI is InChI=1S/C19H22N2O2/c1-14(2)15-9-11-16(12-10-15)20-18(22)13-19(23)21(3)17-7-5-4-6-8-17/h4-12,14H,13H2,1-3H3,(H,20,22). The summed E-state index contributed by atoms with van der Waals surface area (Å²) in [7, 11) is 1.67. The van der Waals surface area contributed by atoms with Gasteiger partial charge in [0.2, 0.25) is 11.8 Å². The fraction of sp³-hybridized carbons (Fsp3) is 0.263. The van der Waals surface area contributed by atoms with Gasteiger partial charge in [0.25, 0.3) is 0 Å². The highest BCUT2D eigenvalue weighted by molar-refractivity contribution is 6.08. The van der Waals surface area contributed by atoms with Gasteiger partial charge in [0, 0.05) is 18.4 Å². The third-order valence-corrected chi connectivity index (χ3v) is 3.69. The van der Waals surface area contributed by atoms with Gasteiger partial charge in [-0.1, -0.05) is 44.2 Å². The summed E-state index contributed by atoms with van der Waals surface area (Å²) in [6, 6.07) is 17.0. The molecule has 0 radical (unpaired) electrons. The third-order valence-electron chi connectivity index (χ3n) is 3.69. The Morgan fingerprint density at radius 3 is 2.17 bits per heavy atom. The first-order valence-corrected chi connectivity index (χ1v) is 7.69. The number of amides is 2. The van der Waals surface area contributed by atoms with E-state index in [1.165, 1.54) is 10.5 Å². The molecule has 0 atom stereocenters. The molecular weight excluding hydrogens is 288 g/mol. The van der Waals surface area contributed by atoms with Crippen molar-refractivity contribution in [1.29, 1.82) is 0 Å². The van der Waals surface area contributed by atoms with E-state index in [4.69, 9.17) is 0 Å². The summed E-state index contributed by atoms with van der Waals surface area (Å²) in [6.45, 7) is 4.23. The molecule has 2 amide bonds. The molecule has 0 saturated heterocycles. The van der Waals surface area contributed by atoms with E-state index in [1.54, 1.807) is 7.05 Å². The van der Waals surface area contributed by atoms with Crippen molar-refractivity contribution in [2.45, 2.75) is 26.2 Å². The zero-order valence-electron chi connectivity index (χ0n) is 13.7. The largest absolute Gasteiger partial charge is 0.326 e. The van der Waals surface area contributed by atoms with Crippen LogP contribution in [0.2, 0.25) is 0 Å². The predicted octanol–water partition coefficient (Wildman–Crippen LogP) is 3.80. The maximum Gasteiger partial charge on any atom is 0.236 e. The number of nitrogens with one attached hydrogen (secondary N) is 1. The summed E-state index contributed by atoms with van der Waals surface area (Å²) < 4.78 is 0. The van der Waals surface area contributed by atoms with Gasteiger partial charge in [0.1, 0.15) is 6.42 Å². The van der Waals surface area contributed by atoms with Crippen LogP contribution in [0, 0.1) is 0 Å². The molecular formula is C19H22N2O2. The molecule has 23 heavy (non-hydrogen) atoms. The normalized spacial score (nSPS) is 10.4. The Morgan fingerprint density at radius 1 is 1.00 bits per heavy atom. The van der Waals surface area contributed by atoms with Crippen molar-refractivity contribution < 1.29 is 9.59 Å². The van der Waals surface area contributed by atoms with E-state index in [1.807, 2.05) is 54.6 Å². The summed E-state index contributed by atoms with van der Waals surface area (Å²) >= 11 is 0. The second-order valence-electron chi connectivity index (χ2n) is 5.79. The zero-order chi connectivity index (χ0) is 16.8. The molecule has 0 spiro atoms. The average molecular weight is 310 g/mol. The van der Waals surface area contributed by atoms with Crippen molar-refractivity contribution in [2.75, 3.05) is 17.3 Å². The summed E-state index contributed by atoms with van der Waals surface area (Å²) in [5.41, 5.74) is 2.68. The first-order chi connectivity index (χ1) is 11.0. The minimum atomic E-state index is -0.310. The van der Waals surface area contributed by atoms with Crippen LogP contribution < -0.4 is 10.2 Å². The number of benzene rings is 2. The molecule has 2 aromatic rings. The molecule has 0 saturated carbocycles. The molecule has 2 rings (SSSR count). The molecule has 4 nitrogen and oxygen atoms in total. The monoisotopic (exact) mass is 310 g/mol. The highest BCUT2D eigenvalue weighted by Gasteiger charge is 2.15. The Kier molecular flexibility index (Phi) is 5.52. The third kappa shape index (κ3) is 4.68. The van der Waals surface area contributed by atoms with Crippen molar-refractivity contribution >= 4 is 23.2 Å². The number of carbonyl (C=O) groups excluding carboxylic acids is 2. The Morgan fingerprint density at radius 2 is 1.61 bits per heavy atom. The van der Waals surface area contributed by atoms with Crippen molar-refractivity contribution in [3.05, 3.63) is 60.2 Å². The van der Waals surface area contributed by atoms with Gasteiger partial charge in [0.05, 0.1) is 0 Å². The minimum Gasteiger partial charge on any atom is -0.326 e. The average Bonchev–Trinajstić information content (AvgIpc) is 2.55. The zero-order valence-corrected chi connectivity index (χ0v) is 13.7. The Labute approximate surface area is 137 Å². The topological polar surface area (TPSA) is 49.4 Å². The lowest BCUT2D eigenvalue weighted by molar-refractivity contribution is -0.125. The van der Waals surface area contributed by atoms with E-state index in [-0.39, 0.29) is 18.2 Å². The van der Waals surface area contributed by atoms with Gasteiger partial charge in [0.15, 0.2) is 0 Å². The van der Waals surface area contributed by atoms with E-state index in [0.717, 1.165) is 5.69 Å². The van der Waals surface area contributed by atoms with Crippen LogP contribution in [-0.2, 0) is 9.59 Å². The lowest BCUT2D eigenvalue weighted by Crippen LogP contribution is -2.30. The number of para-hydroxylation sites is 1.